The van der Waals surface area contributed by atoms with Gasteiger partial charge in [0.1, 0.15) is 5.75 Å². The Kier molecular flexibility index (Phi) is 3.52. The molecular weight excluding hydrogens is 224 g/mol. The molecule has 1 aromatic rings. The minimum Gasteiger partial charge on any atom is -0.496 e. The zero-order valence-electron chi connectivity index (χ0n) is 11.1. The van der Waals surface area contributed by atoms with Crippen molar-refractivity contribution < 1.29 is 4.74 Å². The molecule has 2 heterocycles. The smallest absolute Gasteiger partial charge is 0.123 e. The van der Waals surface area contributed by atoms with Crippen LogP contribution in [0.25, 0.3) is 0 Å². The Bertz CT molecular complexity index is 407. The number of fused-ring (bicyclic) bond motifs is 1. The SMILES string of the molecule is COc1ccccc1CN1CCCC2CNCC21. The molecule has 2 unspecified atom stereocenters. The van der Waals surface area contributed by atoms with Crippen molar-refractivity contribution in [3.05, 3.63) is 29.8 Å². The third kappa shape index (κ3) is 2.25. The number of benzene rings is 1. The summed E-state index contributed by atoms with van der Waals surface area (Å²) in [6.07, 6.45) is 2.72. The number of nitrogens with one attached hydrogen (secondary N) is 1. The summed E-state index contributed by atoms with van der Waals surface area (Å²) in [6, 6.07) is 9.11. The third-order valence-electron chi connectivity index (χ3n) is 4.36. The molecule has 0 aromatic heterocycles. The number of hydrogen-bond acceptors (Lipinski definition) is 3. The molecule has 2 saturated heterocycles. The highest BCUT2D eigenvalue weighted by Crippen LogP contribution is 2.29. The maximum Gasteiger partial charge on any atom is 0.123 e. The summed E-state index contributed by atoms with van der Waals surface area (Å²) in [4.78, 5) is 2.63. The number of methoxy groups -OCH3 is 1. The van der Waals surface area contributed by atoms with E-state index in [1.165, 1.54) is 31.5 Å². The minimum atomic E-state index is 0.726. The second-order valence-electron chi connectivity index (χ2n) is 5.41. The van der Waals surface area contributed by atoms with Gasteiger partial charge in [0.15, 0.2) is 0 Å². The van der Waals surface area contributed by atoms with Crippen molar-refractivity contribution in [2.75, 3.05) is 26.7 Å². The molecule has 18 heavy (non-hydrogen) atoms. The van der Waals surface area contributed by atoms with Gasteiger partial charge in [0.25, 0.3) is 0 Å². The fourth-order valence-corrected chi connectivity index (χ4v) is 3.41. The molecule has 0 bridgehead atoms. The molecule has 0 amide bonds. The standard InChI is InChI=1S/C15H22N2O/c1-18-15-7-3-2-5-13(15)11-17-8-4-6-12-9-16-10-14(12)17/h2-3,5,7,12,14,16H,4,6,8-11H2,1H3. The number of para-hydroxylation sites is 1. The molecule has 2 fully saturated rings. The molecule has 2 atom stereocenters. The predicted octanol–water partition coefficient (Wildman–Crippen LogP) is 1.88. The molecule has 0 aliphatic carbocycles. The van der Waals surface area contributed by atoms with Gasteiger partial charge in [-0.05, 0) is 37.9 Å². The van der Waals surface area contributed by atoms with Gasteiger partial charge < -0.3 is 10.1 Å². The first-order chi connectivity index (χ1) is 8.88. The molecule has 0 spiro atoms. The van der Waals surface area contributed by atoms with Crippen LogP contribution in [0.5, 0.6) is 5.75 Å². The molecular formula is C15H22N2O. The van der Waals surface area contributed by atoms with Crippen LogP contribution >= 0.6 is 0 Å². The topological polar surface area (TPSA) is 24.5 Å². The molecule has 0 saturated carbocycles. The second kappa shape index (κ2) is 5.29. The van der Waals surface area contributed by atoms with E-state index < -0.39 is 0 Å². The molecule has 1 N–H and O–H groups in total. The summed E-state index contributed by atoms with van der Waals surface area (Å²) in [5.74, 6) is 1.87. The van der Waals surface area contributed by atoms with E-state index in [4.69, 9.17) is 4.74 Å². The van der Waals surface area contributed by atoms with E-state index in [-0.39, 0.29) is 0 Å². The number of likely N-dealkylation sites (tertiary alicyclic amines) is 1. The van der Waals surface area contributed by atoms with Crippen molar-refractivity contribution in [1.29, 1.82) is 0 Å². The Hall–Kier alpha value is -1.06. The third-order valence-corrected chi connectivity index (χ3v) is 4.36. The van der Waals surface area contributed by atoms with Gasteiger partial charge in [-0.2, -0.15) is 0 Å². The van der Waals surface area contributed by atoms with Gasteiger partial charge in [-0.3, -0.25) is 4.90 Å². The van der Waals surface area contributed by atoms with Gasteiger partial charge in [-0.25, -0.2) is 0 Å². The van der Waals surface area contributed by atoms with Gasteiger partial charge >= 0.3 is 0 Å². The molecule has 2 aliphatic heterocycles. The van der Waals surface area contributed by atoms with Crippen molar-refractivity contribution in [3.63, 3.8) is 0 Å². The van der Waals surface area contributed by atoms with Crippen molar-refractivity contribution in [3.8, 4) is 5.75 Å². The molecule has 0 radical (unpaired) electrons. The average Bonchev–Trinajstić information content (AvgIpc) is 2.89. The first-order valence-corrected chi connectivity index (χ1v) is 6.95. The van der Waals surface area contributed by atoms with Gasteiger partial charge in [0.2, 0.25) is 0 Å². The lowest BCUT2D eigenvalue weighted by Gasteiger charge is -2.37. The number of hydrogen-bond donors (Lipinski definition) is 1. The number of ether oxygens (including phenoxy) is 1. The first kappa shape index (κ1) is 12.0. The van der Waals surface area contributed by atoms with Crippen LogP contribution < -0.4 is 10.1 Å². The zero-order valence-corrected chi connectivity index (χ0v) is 11.1. The van der Waals surface area contributed by atoms with E-state index in [0.717, 1.165) is 30.8 Å². The van der Waals surface area contributed by atoms with Crippen molar-refractivity contribution in [1.82, 2.24) is 10.2 Å². The molecule has 3 rings (SSSR count). The van der Waals surface area contributed by atoms with Crippen molar-refractivity contribution >= 4 is 0 Å². The first-order valence-electron chi connectivity index (χ1n) is 6.95. The largest absolute Gasteiger partial charge is 0.496 e. The predicted molar refractivity (Wildman–Crippen MR) is 72.8 cm³/mol. The van der Waals surface area contributed by atoms with Crippen molar-refractivity contribution in [2.45, 2.75) is 25.4 Å². The Morgan fingerprint density at radius 1 is 1.33 bits per heavy atom. The van der Waals surface area contributed by atoms with E-state index >= 15 is 0 Å². The van der Waals surface area contributed by atoms with E-state index in [1.807, 2.05) is 6.07 Å². The van der Waals surface area contributed by atoms with E-state index in [0.29, 0.717) is 0 Å². The lowest BCUT2D eigenvalue weighted by Crippen LogP contribution is -2.44. The van der Waals surface area contributed by atoms with Gasteiger partial charge in [-0.1, -0.05) is 18.2 Å². The van der Waals surface area contributed by atoms with Crippen LogP contribution in [0.4, 0.5) is 0 Å². The summed E-state index contributed by atoms with van der Waals surface area (Å²) < 4.78 is 5.46. The van der Waals surface area contributed by atoms with Crippen LogP contribution in [0.3, 0.4) is 0 Å². The highest BCUT2D eigenvalue weighted by molar-refractivity contribution is 5.33. The average molecular weight is 246 g/mol. The van der Waals surface area contributed by atoms with E-state index in [2.05, 4.69) is 28.4 Å². The second-order valence-corrected chi connectivity index (χ2v) is 5.41. The Morgan fingerprint density at radius 2 is 2.22 bits per heavy atom. The Morgan fingerprint density at radius 3 is 3.11 bits per heavy atom. The number of nitrogens with zero attached hydrogens (tertiary/aromatic N) is 1. The Labute approximate surface area is 109 Å². The summed E-state index contributed by atoms with van der Waals surface area (Å²) in [5.41, 5.74) is 1.31. The molecule has 3 heteroatoms. The van der Waals surface area contributed by atoms with E-state index in [9.17, 15) is 0 Å². The number of piperidine rings is 1. The van der Waals surface area contributed by atoms with Crippen LogP contribution in [-0.4, -0.2) is 37.7 Å². The number of rotatable bonds is 3. The summed E-state index contributed by atoms with van der Waals surface area (Å²) in [6.45, 7) is 4.60. The van der Waals surface area contributed by atoms with E-state index in [1.54, 1.807) is 7.11 Å². The zero-order chi connectivity index (χ0) is 12.4. The molecule has 2 aliphatic rings. The van der Waals surface area contributed by atoms with Gasteiger partial charge in [0.05, 0.1) is 7.11 Å². The maximum atomic E-state index is 5.46. The van der Waals surface area contributed by atoms with Crippen LogP contribution in [0, 0.1) is 5.92 Å². The van der Waals surface area contributed by atoms with Crippen LogP contribution in [0.2, 0.25) is 0 Å². The summed E-state index contributed by atoms with van der Waals surface area (Å²) in [7, 11) is 1.76. The minimum absolute atomic E-state index is 0.726. The van der Waals surface area contributed by atoms with Crippen LogP contribution in [-0.2, 0) is 6.54 Å². The molecule has 1 aromatic carbocycles. The van der Waals surface area contributed by atoms with Crippen LogP contribution in [0.15, 0.2) is 24.3 Å². The fourth-order valence-electron chi connectivity index (χ4n) is 3.41. The highest BCUT2D eigenvalue weighted by Gasteiger charge is 2.34. The van der Waals surface area contributed by atoms with Crippen molar-refractivity contribution in [2.24, 2.45) is 5.92 Å². The monoisotopic (exact) mass is 246 g/mol. The normalized spacial score (nSPS) is 28.1. The lowest BCUT2D eigenvalue weighted by molar-refractivity contribution is 0.116. The fraction of sp³-hybridized carbons (Fsp3) is 0.600. The Balaban J connectivity index is 1.75. The molecule has 3 nitrogen and oxygen atoms in total. The van der Waals surface area contributed by atoms with Crippen LogP contribution in [0.1, 0.15) is 18.4 Å². The van der Waals surface area contributed by atoms with Gasteiger partial charge in [-0.15, -0.1) is 0 Å². The summed E-state index contributed by atoms with van der Waals surface area (Å²) >= 11 is 0. The maximum absolute atomic E-state index is 5.46. The quantitative estimate of drug-likeness (QED) is 0.881. The lowest BCUT2D eigenvalue weighted by atomic mass is 9.91. The summed E-state index contributed by atoms with van der Waals surface area (Å²) in [5, 5.41) is 3.54. The highest BCUT2D eigenvalue weighted by atomic mass is 16.5. The molecule has 98 valence electrons. The van der Waals surface area contributed by atoms with Gasteiger partial charge in [0, 0.05) is 24.7 Å².